The van der Waals surface area contributed by atoms with Gasteiger partial charge in [-0.15, -0.1) is 11.3 Å². The number of benzene rings is 1. The summed E-state index contributed by atoms with van der Waals surface area (Å²) in [7, 11) is 0. The Morgan fingerprint density at radius 2 is 2.14 bits per heavy atom. The van der Waals surface area contributed by atoms with Crippen molar-refractivity contribution in [2.75, 3.05) is 24.1 Å². The molecule has 2 aromatic heterocycles. The summed E-state index contributed by atoms with van der Waals surface area (Å²) in [4.78, 5) is 27.2. The molecule has 3 N–H and O–H groups in total. The van der Waals surface area contributed by atoms with E-state index < -0.39 is 0 Å². The van der Waals surface area contributed by atoms with Gasteiger partial charge in [-0.1, -0.05) is 12.1 Å². The molecule has 1 aliphatic heterocycles. The Hall–Kier alpha value is -2.91. The van der Waals surface area contributed by atoms with E-state index in [9.17, 15) is 9.18 Å². The Kier molecular flexibility index (Phi) is 5.27. The number of nitrogen functional groups attached to an aromatic ring is 1. The number of likely N-dealkylation sites (tertiary alicyclic amines) is 1. The molecule has 144 valence electrons. The summed E-state index contributed by atoms with van der Waals surface area (Å²) in [5.41, 5.74) is 8.22. The smallest absolute Gasteiger partial charge is 0.240 e. The van der Waals surface area contributed by atoms with E-state index in [2.05, 4.69) is 25.2 Å². The topological polar surface area (TPSA) is 97.0 Å². The number of aromatic nitrogens is 3. The molecular formula is C19H19FN6OS. The maximum atomic E-state index is 13.3. The molecule has 3 heterocycles. The van der Waals surface area contributed by atoms with Gasteiger partial charge in [0, 0.05) is 23.3 Å². The molecule has 1 amide bonds. The first-order valence-corrected chi connectivity index (χ1v) is 9.80. The minimum Gasteiger partial charge on any atom is -0.368 e. The van der Waals surface area contributed by atoms with Gasteiger partial charge in [-0.05, 0) is 37.1 Å². The number of halogens is 1. The lowest BCUT2D eigenvalue weighted by Crippen LogP contribution is -2.33. The number of amides is 1. The van der Waals surface area contributed by atoms with Gasteiger partial charge in [0.05, 0.1) is 18.3 Å². The third-order valence-corrected chi connectivity index (χ3v) is 5.39. The van der Waals surface area contributed by atoms with Gasteiger partial charge in [0.2, 0.25) is 11.9 Å². The lowest BCUT2D eigenvalue weighted by molar-refractivity contribution is -0.117. The second-order valence-corrected chi connectivity index (χ2v) is 7.44. The van der Waals surface area contributed by atoms with Gasteiger partial charge in [0.25, 0.3) is 0 Å². The van der Waals surface area contributed by atoms with Gasteiger partial charge in [-0.25, -0.2) is 19.3 Å². The zero-order valence-corrected chi connectivity index (χ0v) is 15.8. The van der Waals surface area contributed by atoms with Crippen LogP contribution in [-0.2, 0) is 4.79 Å². The summed E-state index contributed by atoms with van der Waals surface area (Å²) >= 11 is 1.38. The van der Waals surface area contributed by atoms with Crippen LogP contribution in [0, 0.1) is 5.82 Å². The predicted molar refractivity (Wildman–Crippen MR) is 106 cm³/mol. The number of hydrogen-bond acceptors (Lipinski definition) is 7. The van der Waals surface area contributed by atoms with Crippen molar-refractivity contribution in [3.05, 3.63) is 53.6 Å². The number of anilines is 2. The molecule has 0 bridgehead atoms. The number of rotatable bonds is 5. The number of carbonyl (C=O) groups excluding carboxylic acids is 1. The average Bonchev–Trinajstić information content (AvgIpc) is 3.34. The highest BCUT2D eigenvalue weighted by atomic mass is 32.1. The fraction of sp³-hybridized carbons (Fsp3) is 0.263. The van der Waals surface area contributed by atoms with E-state index in [-0.39, 0.29) is 30.3 Å². The highest BCUT2D eigenvalue weighted by Gasteiger charge is 2.31. The predicted octanol–water partition coefficient (Wildman–Crippen LogP) is 3.10. The number of nitrogens with one attached hydrogen (secondary N) is 1. The second kappa shape index (κ2) is 7.99. The van der Waals surface area contributed by atoms with Crippen molar-refractivity contribution < 1.29 is 9.18 Å². The Bertz CT molecular complexity index is 963. The number of carbonyl (C=O) groups is 1. The fourth-order valence-electron chi connectivity index (χ4n) is 3.47. The maximum Gasteiger partial charge on any atom is 0.240 e. The van der Waals surface area contributed by atoms with Gasteiger partial charge >= 0.3 is 0 Å². The Morgan fingerprint density at radius 3 is 2.89 bits per heavy atom. The third kappa shape index (κ3) is 4.00. The number of nitrogens with zero attached hydrogens (tertiary/aromatic N) is 4. The molecule has 7 nitrogen and oxygen atoms in total. The van der Waals surface area contributed by atoms with Crippen molar-refractivity contribution in [1.29, 1.82) is 0 Å². The normalized spacial score (nSPS) is 17.0. The SMILES string of the molecule is Nc1ncc(-c2ccc(F)cc2)c([C@@H]2CCCN2CC(=O)Nc2nccs2)n1. The molecule has 0 unspecified atom stereocenters. The van der Waals surface area contributed by atoms with Crippen LogP contribution >= 0.6 is 11.3 Å². The lowest BCUT2D eigenvalue weighted by atomic mass is 10.00. The number of nitrogens with two attached hydrogens (primary N) is 1. The summed E-state index contributed by atoms with van der Waals surface area (Å²) in [5, 5.41) is 5.21. The molecule has 1 aromatic carbocycles. The number of hydrogen-bond donors (Lipinski definition) is 2. The molecule has 0 spiro atoms. The van der Waals surface area contributed by atoms with E-state index in [1.54, 1.807) is 24.5 Å². The van der Waals surface area contributed by atoms with E-state index in [0.29, 0.717) is 5.13 Å². The summed E-state index contributed by atoms with van der Waals surface area (Å²) in [5.74, 6) is -0.241. The van der Waals surface area contributed by atoms with E-state index >= 15 is 0 Å². The quantitative estimate of drug-likeness (QED) is 0.685. The van der Waals surface area contributed by atoms with Crippen LogP contribution in [0.2, 0.25) is 0 Å². The molecule has 1 atom stereocenters. The van der Waals surface area contributed by atoms with Crippen LogP contribution in [0.25, 0.3) is 11.1 Å². The highest BCUT2D eigenvalue weighted by Crippen LogP contribution is 2.36. The molecule has 28 heavy (non-hydrogen) atoms. The summed E-state index contributed by atoms with van der Waals surface area (Å²) in [6.07, 6.45) is 5.12. The molecule has 0 saturated carbocycles. The molecule has 4 rings (SSSR count). The zero-order chi connectivity index (χ0) is 19.5. The molecule has 3 aromatic rings. The highest BCUT2D eigenvalue weighted by molar-refractivity contribution is 7.13. The first-order chi connectivity index (χ1) is 13.6. The van der Waals surface area contributed by atoms with Crippen molar-refractivity contribution in [1.82, 2.24) is 19.9 Å². The van der Waals surface area contributed by atoms with E-state index in [0.717, 1.165) is 36.2 Å². The van der Waals surface area contributed by atoms with Crippen LogP contribution in [0.5, 0.6) is 0 Å². The van der Waals surface area contributed by atoms with E-state index in [1.807, 2.05) is 5.38 Å². The third-order valence-electron chi connectivity index (χ3n) is 4.70. The standard InChI is InChI=1S/C19H19FN6OS/c20-13-5-3-12(4-6-13)14-10-23-18(21)25-17(14)15-2-1-8-26(15)11-16(27)24-19-22-7-9-28-19/h3-7,9-10,15H,1-2,8,11H2,(H2,21,23,25)(H,22,24,27)/t15-/m0/s1. The monoisotopic (exact) mass is 398 g/mol. The number of thiazole rings is 1. The van der Waals surface area contributed by atoms with E-state index in [4.69, 9.17) is 5.73 Å². The summed E-state index contributed by atoms with van der Waals surface area (Å²) in [6, 6.07) is 6.14. The summed E-state index contributed by atoms with van der Waals surface area (Å²) < 4.78 is 13.3. The van der Waals surface area contributed by atoms with Crippen molar-refractivity contribution in [3.63, 3.8) is 0 Å². The zero-order valence-electron chi connectivity index (χ0n) is 15.0. The van der Waals surface area contributed by atoms with Gasteiger partial charge in [-0.2, -0.15) is 0 Å². The molecule has 0 radical (unpaired) electrons. The van der Waals surface area contributed by atoms with Crippen LogP contribution in [-0.4, -0.2) is 38.8 Å². The van der Waals surface area contributed by atoms with Gasteiger partial charge in [0.15, 0.2) is 5.13 Å². The van der Waals surface area contributed by atoms with Crippen LogP contribution in [0.3, 0.4) is 0 Å². The van der Waals surface area contributed by atoms with Gasteiger partial charge in [0.1, 0.15) is 5.82 Å². The molecule has 9 heteroatoms. The van der Waals surface area contributed by atoms with Crippen molar-refractivity contribution in [3.8, 4) is 11.1 Å². The summed E-state index contributed by atoms with van der Waals surface area (Å²) in [6.45, 7) is 1.01. The molecule has 1 saturated heterocycles. The Balaban J connectivity index is 1.59. The van der Waals surface area contributed by atoms with Crippen LogP contribution in [0.4, 0.5) is 15.5 Å². The first kappa shape index (κ1) is 18.5. The van der Waals surface area contributed by atoms with Crippen LogP contribution < -0.4 is 11.1 Å². The average molecular weight is 398 g/mol. The fourth-order valence-corrected chi connectivity index (χ4v) is 4.01. The molecule has 1 fully saturated rings. The second-order valence-electron chi connectivity index (χ2n) is 6.55. The van der Waals surface area contributed by atoms with Crippen LogP contribution in [0.1, 0.15) is 24.6 Å². The molecule has 1 aliphatic rings. The van der Waals surface area contributed by atoms with Crippen molar-refractivity contribution in [2.45, 2.75) is 18.9 Å². The minimum atomic E-state index is -0.303. The lowest BCUT2D eigenvalue weighted by Gasteiger charge is -2.25. The van der Waals surface area contributed by atoms with E-state index in [1.165, 1.54) is 23.5 Å². The van der Waals surface area contributed by atoms with Gasteiger partial charge in [-0.3, -0.25) is 9.69 Å². The minimum absolute atomic E-state index is 0.0626. The van der Waals surface area contributed by atoms with Crippen molar-refractivity contribution in [2.24, 2.45) is 0 Å². The maximum absolute atomic E-state index is 13.3. The van der Waals surface area contributed by atoms with Gasteiger partial charge < -0.3 is 11.1 Å². The largest absolute Gasteiger partial charge is 0.368 e. The molecular weight excluding hydrogens is 379 g/mol. The first-order valence-electron chi connectivity index (χ1n) is 8.92. The Morgan fingerprint density at radius 1 is 1.32 bits per heavy atom. The van der Waals surface area contributed by atoms with Crippen molar-refractivity contribution >= 4 is 28.3 Å². The molecule has 0 aliphatic carbocycles. The van der Waals surface area contributed by atoms with Crippen LogP contribution in [0.15, 0.2) is 42.0 Å². The Labute approximate surface area is 165 Å².